The fourth-order valence-electron chi connectivity index (χ4n) is 4.67. The highest BCUT2D eigenvalue weighted by Gasteiger charge is 2.32. The molecule has 3 aromatic rings. The van der Waals surface area contributed by atoms with Crippen molar-refractivity contribution in [2.75, 3.05) is 34.8 Å². The van der Waals surface area contributed by atoms with Crippen molar-refractivity contribution < 1.29 is 24.2 Å². The summed E-state index contributed by atoms with van der Waals surface area (Å²) in [6, 6.07) is 1.72. The van der Waals surface area contributed by atoms with E-state index in [-0.39, 0.29) is 6.42 Å². The summed E-state index contributed by atoms with van der Waals surface area (Å²) in [5.74, 6) is -0.111. The molecule has 0 saturated heterocycles. The molecule has 39 heavy (non-hydrogen) atoms. The lowest BCUT2D eigenvalue weighted by molar-refractivity contribution is -0.136. The third-order valence-corrected chi connectivity index (χ3v) is 6.38. The quantitative estimate of drug-likeness (QED) is 0.496. The molecule has 204 valence electrons. The van der Waals surface area contributed by atoms with Crippen LogP contribution in [0.15, 0.2) is 30.9 Å². The second-order valence-electron chi connectivity index (χ2n) is 10.5. The van der Waals surface area contributed by atoms with Crippen molar-refractivity contribution in [3.63, 3.8) is 0 Å². The molecular formula is C27H31N7O5. The van der Waals surface area contributed by atoms with Gasteiger partial charge >= 0.3 is 12.1 Å². The standard InChI is InChI=1S/C27H31N7O5/c1-16-21(14-29-24-23(16)34(7-8-38-24)26(37)39-27(2,3)4)33-6-5-18-12-30-25(32-20(18)15-33)31-19-9-17(10-22(35)36)11-28-13-19/h9,11-14H,5-8,10,15H2,1-4H3,(H,35,36)(H,30,31,32). The molecule has 0 aromatic carbocycles. The Morgan fingerprint density at radius 1 is 1.15 bits per heavy atom. The number of carboxylic acids is 1. The highest BCUT2D eigenvalue weighted by molar-refractivity contribution is 5.92. The van der Waals surface area contributed by atoms with E-state index in [2.05, 4.69) is 25.2 Å². The Kier molecular flexibility index (Phi) is 6.94. The van der Waals surface area contributed by atoms with Crippen LogP contribution < -0.4 is 19.9 Å². The average Bonchev–Trinajstić information content (AvgIpc) is 2.87. The van der Waals surface area contributed by atoms with Crippen LogP contribution in [0.25, 0.3) is 0 Å². The van der Waals surface area contributed by atoms with Crippen LogP contribution in [0.3, 0.4) is 0 Å². The normalized spacial score (nSPS) is 14.7. The van der Waals surface area contributed by atoms with Gasteiger partial charge in [-0.2, -0.15) is 0 Å². The van der Waals surface area contributed by atoms with Gasteiger partial charge in [0.2, 0.25) is 11.8 Å². The minimum Gasteiger partial charge on any atom is -0.481 e. The average molecular weight is 534 g/mol. The molecular weight excluding hydrogens is 502 g/mol. The zero-order valence-electron chi connectivity index (χ0n) is 22.4. The first kappa shape index (κ1) is 26.1. The third-order valence-electron chi connectivity index (χ3n) is 6.38. The zero-order chi connectivity index (χ0) is 27.7. The second kappa shape index (κ2) is 10.4. The molecule has 0 aliphatic carbocycles. The number of carbonyl (C=O) groups is 2. The number of carbonyl (C=O) groups excluding carboxylic acids is 1. The number of fused-ring (bicyclic) bond motifs is 2. The lowest BCUT2D eigenvalue weighted by atomic mass is 10.0. The molecule has 0 spiro atoms. The van der Waals surface area contributed by atoms with Gasteiger partial charge in [0.05, 0.1) is 49.0 Å². The lowest BCUT2D eigenvalue weighted by Gasteiger charge is -2.35. The summed E-state index contributed by atoms with van der Waals surface area (Å²) >= 11 is 0. The Hall–Kier alpha value is -4.48. The highest BCUT2D eigenvalue weighted by Crippen LogP contribution is 2.39. The summed E-state index contributed by atoms with van der Waals surface area (Å²) in [7, 11) is 0. The number of pyridine rings is 2. The van der Waals surface area contributed by atoms with E-state index in [1.807, 2.05) is 33.9 Å². The molecule has 0 fully saturated rings. The number of carboxylic acid groups (broad SMARTS) is 1. The zero-order valence-corrected chi connectivity index (χ0v) is 22.4. The maximum atomic E-state index is 13.0. The van der Waals surface area contributed by atoms with Gasteiger partial charge in [0.1, 0.15) is 17.9 Å². The first-order chi connectivity index (χ1) is 18.6. The van der Waals surface area contributed by atoms with Crippen molar-refractivity contribution in [1.82, 2.24) is 19.9 Å². The molecule has 0 bridgehead atoms. The van der Waals surface area contributed by atoms with Gasteiger partial charge in [0.15, 0.2) is 0 Å². The molecule has 5 rings (SSSR count). The maximum absolute atomic E-state index is 13.0. The van der Waals surface area contributed by atoms with Crippen molar-refractivity contribution in [3.05, 3.63) is 53.2 Å². The smallest absolute Gasteiger partial charge is 0.415 e. The number of rotatable bonds is 5. The molecule has 12 nitrogen and oxygen atoms in total. The van der Waals surface area contributed by atoms with Crippen LogP contribution in [-0.4, -0.2) is 62.4 Å². The van der Waals surface area contributed by atoms with Crippen LogP contribution in [0.1, 0.15) is 43.2 Å². The molecule has 2 aliphatic rings. The number of nitrogens with zero attached hydrogens (tertiary/aromatic N) is 6. The first-order valence-corrected chi connectivity index (χ1v) is 12.7. The third kappa shape index (κ3) is 5.84. The van der Waals surface area contributed by atoms with E-state index in [0.29, 0.717) is 48.5 Å². The number of hydrogen-bond acceptors (Lipinski definition) is 10. The van der Waals surface area contributed by atoms with Crippen molar-refractivity contribution in [3.8, 4) is 5.88 Å². The molecule has 0 unspecified atom stereocenters. The summed E-state index contributed by atoms with van der Waals surface area (Å²) < 4.78 is 11.4. The number of aromatic nitrogens is 4. The summed E-state index contributed by atoms with van der Waals surface area (Å²) in [6.07, 6.45) is 6.91. The number of nitrogens with one attached hydrogen (secondary N) is 1. The van der Waals surface area contributed by atoms with E-state index >= 15 is 0 Å². The molecule has 1 amide bonds. The van der Waals surface area contributed by atoms with E-state index < -0.39 is 17.7 Å². The molecule has 3 aromatic heterocycles. The van der Waals surface area contributed by atoms with E-state index in [1.54, 1.807) is 23.4 Å². The van der Waals surface area contributed by atoms with Crippen LogP contribution >= 0.6 is 0 Å². The second-order valence-corrected chi connectivity index (χ2v) is 10.5. The van der Waals surface area contributed by atoms with Crippen molar-refractivity contribution in [2.45, 2.75) is 52.7 Å². The van der Waals surface area contributed by atoms with Gasteiger partial charge in [-0.15, -0.1) is 0 Å². The van der Waals surface area contributed by atoms with Crippen molar-refractivity contribution >= 4 is 35.1 Å². The maximum Gasteiger partial charge on any atom is 0.415 e. The van der Waals surface area contributed by atoms with Gasteiger partial charge in [-0.3, -0.25) is 14.7 Å². The Labute approximate surface area is 226 Å². The van der Waals surface area contributed by atoms with Gasteiger partial charge in [0, 0.05) is 24.5 Å². The van der Waals surface area contributed by atoms with Crippen LogP contribution in [-0.2, 0) is 28.9 Å². The summed E-state index contributed by atoms with van der Waals surface area (Å²) in [6.45, 7) is 9.46. The van der Waals surface area contributed by atoms with Gasteiger partial charge in [-0.25, -0.2) is 19.7 Å². The van der Waals surface area contributed by atoms with E-state index in [0.717, 1.165) is 35.5 Å². The van der Waals surface area contributed by atoms with Crippen molar-refractivity contribution in [1.29, 1.82) is 0 Å². The summed E-state index contributed by atoms with van der Waals surface area (Å²) in [5, 5.41) is 12.2. The molecule has 2 aliphatic heterocycles. The monoisotopic (exact) mass is 533 g/mol. The van der Waals surface area contributed by atoms with E-state index in [4.69, 9.17) is 19.6 Å². The van der Waals surface area contributed by atoms with Crippen molar-refractivity contribution in [2.24, 2.45) is 0 Å². The van der Waals surface area contributed by atoms with Crippen LogP contribution in [0.4, 0.5) is 27.8 Å². The SMILES string of the molecule is Cc1c(N2CCc3cnc(Nc4cncc(CC(=O)O)c4)nc3C2)cnc2c1N(C(=O)OC(C)(C)C)CCO2. The van der Waals surface area contributed by atoms with Gasteiger partial charge in [0.25, 0.3) is 0 Å². The Morgan fingerprint density at radius 2 is 1.97 bits per heavy atom. The minimum atomic E-state index is -0.924. The van der Waals surface area contributed by atoms with E-state index in [1.165, 1.54) is 6.20 Å². The molecule has 2 N–H and O–H groups in total. The van der Waals surface area contributed by atoms with Gasteiger partial charge < -0.3 is 24.8 Å². The minimum absolute atomic E-state index is 0.118. The number of aliphatic carboxylic acids is 1. The number of hydrogen-bond donors (Lipinski definition) is 2. The van der Waals surface area contributed by atoms with Crippen LogP contribution in [0.2, 0.25) is 0 Å². The summed E-state index contributed by atoms with van der Waals surface area (Å²) in [5.41, 5.74) is 4.87. The molecule has 0 atom stereocenters. The Balaban J connectivity index is 1.38. The predicted molar refractivity (Wildman–Crippen MR) is 144 cm³/mol. The number of amides is 1. The predicted octanol–water partition coefficient (Wildman–Crippen LogP) is 3.64. The largest absolute Gasteiger partial charge is 0.481 e. The molecule has 0 saturated carbocycles. The van der Waals surface area contributed by atoms with Crippen LogP contribution in [0, 0.1) is 6.92 Å². The Morgan fingerprint density at radius 3 is 2.74 bits per heavy atom. The molecule has 0 radical (unpaired) electrons. The summed E-state index contributed by atoms with van der Waals surface area (Å²) in [4.78, 5) is 45.6. The molecule has 5 heterocycles. The number of anilines is 4. The lowest BCUT2D eigenvalue weighted by Crippen LogP contribution is -2.42. The fraction of sp³-hybridized carbons (Fsp3) is 0.407. The highest BCUT2D eigenvalue weighted by atomic mass is 16.6. The van der Waals surface area contributed by atoms with Gasteiger partial charge in [-0.1, -0.05) is 0 Å². The topological polar surface area (TPSA) is 143 Å². The van der Waals surface area contributed by atoms with E-state index in [9.17, 15) is 9.59 Å². The number of ether oxygens (including phenoxy) is 2. The molecule has 12 heteroatoms. The fourth-order valence-corrected chi connectivity index (χ4v) is 4.67. The first-order valence-electron chi connectivity index (χ1n) is 12.7. The van der Waals surface area contributed by atoms with Gasteiger partial charge in [-0.05, 0) is 51.3 Å². The van der Waals surface area contributed by atoms with Crippen LogP contribution in [0.5, 0.6) is 5.88 Å². The Bertz CT molecular complexity index is 1420.